The number of benzene rings is 2. The van der Waals surface area contributed by atoms with E-state index in [4.69, 9.17) is 4.74 Å². The van der Waals surface area contributed by atoms with E-state index in [-0.39, 0.29) is 30.0 Å². The van der Waals surface area contributed by atoms with Crippen molar-refractivity contribution >= 4 is 11.7 Å². The molecule has 1 unspecified atom stereocenters. The molecule has 1 atom stereocenters. The summed E-state index contributed by atoms with van der Waals surface area (Å²) >= 11 is 0. The summed E-state index contributed by atoms with van der Waals surface area (Å²) in [5.41, 5.74) is 2.05. The molecule has 0 aliphatic heterocycles. The summed E-state index contributed by atoms with van der Waals surface area (Å²) < 4.78 is 18.4. The molecule has 0 saturated carbocycles. The van der Waals surface area contributed by atoms with Gasteiger partial charge in [-0.25, -0.2) is 4.39 Å². The van der Waals surface area contributed by atoms with Gasteiger partial charge in [-0.05, 0) is 49.7 Å². The Morgan fingerprint density at radius 1 is 1.16 bits per heavy atom. The summed E-state index contributed by atoms with van der Waals surface area (Å²) in [5.74, 6) is 0.0807. The largest absolute Gasteiger partial charge is 0.496 e. The van der Waals surface area contributed by atoms with Crippen molar-refractivity contribution in [1.29, 1.82) is 0 Å². The first-order valence-corrected chi connectivity index (χ1v) is 8.02. The van der Waals surface area contributed by atoms with Gasteiger partial charge < -0.3 is 9.64 Å². The third kappa shape index (κ3) is 4.44. The van der Waals surface area contributed by atoms with E-state index in [0.29, 0.717) is 16.9 Å². The van der Waals surface area contributed by atoms with Crippen LogP contribution in [0.2, 0.25) is 0 Å². The van der Waals surface area contributed by atoms with Gasteiger partial charge in [0.1, 0.15) is 11.6 Å². The average molecular weight is 343 g/mol. The third-order valence-electron chi connectivity index (χ3n) is 4.36. The van der Waals surface area contributed by atoms with Crippen LogP contribution >= 0.6 is 0 Å². The summed E-state index contributed by atoms with van der Waals surface area (Å²) in [6.45, 7) is 3.37. The minimum atomic E-state index is -0.310. The van der Waals surface area contributed by atoms with Gasteiger partial charge in [0, 0.05) is 18.2 Å². The van der Waals surface area contributed by atoms with E-state index < -0.39 is 0 Å². The minimum Gasteiger partial charge on any atom is -0.496 e. The molecule has 0 aliphatic rings. The molecular formula is C20H22FNO3. The zero-order chi connectivity index (χ0) is 18.6. The van der Waals surface area contributed by atoms with Crippen LogP contribution < -0.4 is 4.74 Å². The number of Topliss-reactive ketones (excluding diaryl/α,β-unsaturated/α-hetero) is 1. The lowest BCUT2D eigenvalue weighted by atomic mass is 10.0. The molecule has 2 rings (SSSR count). The number of hydrogen-bond acceptors (Lipinski definition) is 3. The molecular weight excluding hydrogens is 321 g/mol. The number of hydrogen-bond donors (Lipinski definition) is 0. The fraction of sp³-hybridized carbons (Fsp3) is 0.300. The number of carbonyl (C=O) groups is 2. The number of ketones is 1. The molecule has 0 saturated heterocycles. The maximum absolute atomic E-state index is 13.1. The lowest BCUT2D eigenvalue weighted by Gasteiger charge is -2.26. The summed E-state index contributed by atoms with van der Waals surface area (Å²) in [6, 6.07) is 11.0. The number of nitrogens with zero attached hydrogens (tertiary/aromatic N) is 1. The summed E-state index contributed by atoms with van der Waals surface area (Å²) in [6.07, 6.45) is 0.117. The van der Waals surface area contributed by atoms with Gasteiger partial charge in [-0.15, -0.1) is 0 Å². The number of methoxy groups -OCH3 is 1. The Kier molecular flexibility index (Phi) is 5.91. The monoisotopic (exact) mass is 343 g/mol. The van der Waals surface area contributed by atoms with E-state index in [1.807, 2.05) is 6.92 Å². The van der Waals surface area contributed by atoms with Gasteiger partial charge in [0.2, 0.25) is 5.91 Å². The summed E-state index contributed by atoms with van der Waals surface area (Å²) in [7, 11) is 3.24. The molecule has 0 N–H and O–H groups in total. The van der Waals surface area contributed by atoms with E-state index in [9.17, 15) is 14.0 Å². The fourth-order valence-electron chi connectivity index (χ4n) is 2.60. The topological polar surface area (TPSA) is 46.6 Å². The number of amides is 1. The first-order valence-electron chi connectivity index (χ1n) is 8.02. The highest BCUT2D eigenvalue weighted by Crippen LogP contribution is 2.24. The molecule has 2 aromatic rings. The van der Waals surface area contributed by atoms with Crippen molar-refractivity contribution in [3.63, 3.8) is 0 Å². The van der Waals surface area contributed by atoms with Crippen molar-refractivity contribution in [2.45, 2.75) is 26.3 Å². The molecule has 1 amide bonds. The SMILES string of the molecule is COc1ccc(C(C)=O)cc1CC(=O)N(C)C(C)c1ccc(F)cc1. The van der Waals surface area contributed by atoms with Gasteiger partial charge in [0.25, 0.3) is 0 Å². The van der Waals surface area contributed by atoms with E-state index >= 15 is 0 Å². The molecule has 0 aliphatic carbocycles. The van der Waals surface area contributed by atoms with Crippen molar-refractivity contribution < 1.29 is 18.7 Å². The molecule has 0 bridgehead atoms. The molecule has 132 valence electrons. The molecule has 25 heavy (non-hydrogen) atoms. The van der Waals surface area contributed by atoms with Crippen LogP contribution in [0.25, 0.3) is 0 Å². The Morgan fingerprint density at radius 2 is 1.80 bits per heavy atom. The quantitative estimate of drug-likeness (QED) is 0.750. The zero-order valence-electron chi connectivity index (χ0n) is 14.9. The standard InChI is InChI=1S/C20H22FNO3/c1-13(15-5-8-18(21)9-6-15)22(3)20(24)12-17-11-16(14(2)23)7-10-19(17)25-4/h5-11,13H,12H2,1-4H3. The first kappa shape index (κ1) is 18.6. The maximum atomic E-state index is 13.1. The minimum absolute atomic E-state index is 0.0654. The predicted octanol–water partition coefficient (Wildman–Crippen LogP) is 3.80. The Labute approximate surface area is 147 Å². The smallest absolute Gasteiger partial charge is 0.227 e. The van der Waals surface area contributed by atoms with Gasteiger partial charge >= 0.3 is 0 Å². The highest BCUT2D eigenvalue weighted by atomic mass is 19.1. The number of ether oxygens (including phenoxy) is 1. The highest BCUT2D eigenvalue weighted by molar-refractivity contribution is 5.94. The number of halogens is 1. The lowest BCUT2D eigenvalue weighted by molar-refractivity contribution is -0.131. The van der Waals surface area contributed by atoms with Crippen molar-refractivity contribution in [1.82, 2.24) is 4.90 Å². The molecule has 0 heterocycles. The van der Waals surface area contributed by atoms with Crippen LogP contribution in [0.3, 0.4) is 0 Å². The van der Waals surface area contributed by atoms with Crippen LogP contribution in [0.5, 0.6) is 5.75 Å². The molecule has 5 heteroatoms. The number of carbonyl (C=O) groups excluding carboxylic acids is 2. The Hall–Kier alpha value is -2.69. The highest BCUT2D eigenvalue weighted by Gasteiger charge is 2.19. The normalized spacial score (nSPS) is 11.7. The van der Waals surface area contributed by atoms with Gasteiger partial charge in [-0.1, -0.05) is 12.1 Å². The van der Waals surface area contributed by atoms with Crippen molar-refractivity contribution in [2.75, 3.05) is 14.2 Å². The van der Waals surface area contributed by atoms with Crippen LogP contribution in [0.4, 0.5) is 4.39 Å². The maximum Gasteiger partial charge on any atom is 0.227 e. The van der Waals surface area contributed by atoms with E-state index in [0.717, 1.165) is 5.56 Å². The first-order chi connectivity index (χ1) is 11.8. The van der Waals surface area contributed by atoms with E-state index in [1.54, 1.807) is 42.3 Å². The van der Waals surface area contributed by atoms with Crippen molar-refractivity contribution in [3.05, 3.63) is 65.0 Å². The fourth-order valence-corrected chi connectivity index (χ4v) is 2.60. The van der Waals surface area contributed by atoms with Crippen LogP contribution in [-0.4, -0.2) is 30.7 Å². The molecule has 0 aromatic heterocycles. The van der Waals surface area contributed by atoms with Gasteiger partial charge in [-0.3, -0.25) is 9.59 Å². The van der Waals surface area contributed by atoms with E-state index in [2.05, 4.69) is 0 Å². The summed E-state index contributed by atoms with van der Waals surface area (Å²) in [5, 5.41) is 0. The van der Waals surface area contributed by atoms with Crippen LogP contribution in [0, 0.1) is 5.82 Å². The van der Waals surface area contributed by atoms with Crippen molar-refractivity contribution in [2.24, 2.45) is 0 Å². The van der Waals surface area contributed by atoms with Crippen molar-refractivity contribution in [3.8, 4) is 5.75 Å². The molecule has 0 spiro atoms. The van der Waals surface area contributed by atoms with Crippen LogP contribution in [0.15, 0.2) is 42.5 Å². The van der Waals surface area contributed by atoms with Gasteiger partial charge in [-0.2, -0.15) is 0 Å². The molecule has 0 fully saturated rings. The summed E-state index contributed by atoms with van der Waals surface area (Å²) in [4.78, 5) is 25.8. The van der Waals surface area contributed by atoms with Crippen LogP contribution in [0.1, 0.15) is 41.4 Å². The van der Waals surface area contributed by atoms with Crippen LogP contribution in [-0.2, 0) is 11.2 Å². The van der Waals surface area contributed by atoms with Gasteiger partial charge in [0.05, 0.1) is 19.6 Å². The number of rotatable bonds is 6. The Morgan fingerprint density at radius 3 is 2.36 bits per heavy atom. The second-order valence-electron chi connectivity index (χ2n) is 5.99. The average Bonchev–Trinajstić information content (AvgIpc) is 2.60. The predicted molar refractivity (Wildman–Crippen MR) is 94.3 cm³/mol. The second-order valence-corrected chi connectivity index (χ2v) is 5.99. The molecule has 2 aromatic carbocycles. The number of likely N-dealkylation sites (N-methyl/N-ethyl adjacent to an activating group) is 1. The third-order valence-corrected chi connectivity index (χ3v) is 4.36. The second kappa shape index (κ2) is 7.92. The zero-order valence-corrected chi connectivity index (χ0v) is 14.9. The molecule has 0 radical (unpaired) electrons. The Bertz CT molecular complexity index is 771. The lowest BCUT2D eigenvalue weighted by Crippen LogP contribution is -2.31. The molecule has 4 nitrogen and oxygen atoms in total. The van der Waals surface area contributed by atoms with E-state index in [1.165, 1.54) is 26.2 Å². The Balaban J connectivity index is 2.19. The van der Waals surface area contributed by atoms with Gasteiger partial charge in [0.15, 0.2) is 5.78 Å².